The Morgan fingerprint density at radius 3 is 2.32 bits per heavy atom. The van der Waals surface area contributed by atoms with Crippen molar-refractivity contribution in [2.24, 2.45) is 17.1 Å². The normalized spacial score (nSPS) is 15.7. The monoisotopic (exact) mass is 275 g/mol. The van der Waals surface area contributed by atoms with E-state index in [2.05, 4.69) is 4.74 Å². The number of ether oxygens (including phenoxy) is 2. The zero-order valence-corrected chi connectivity index (χ0v) is 12.1. The molecule has 0 saturated heterocycles. The molecular formula is C13H25NO5. The van der Waals surface area contributed by atoms with Crippen molar-refractivity contribution in [3.63, 3.8) is 0 Å². The number of esters is 1. The first-order valence-corrected chi connectivity index (χ1v) is 6.49. The summed E-state index contributed by atoms with van der Waals surface area (Å²) >= 11 is 0. The zero-order valence-electron chi connectivity index (χ0n) is 12.1. The second-order valence-corrected chi connectivity index (χ2v) is 5.35. The molecule has 112 valence electrons. The van der Waals surface area contributed by atoms with Crippen LogP contribution in [0.15, 0.2) is 0 Å². The summed E-state index contributed by atoms with van der Waals surface area (Å²) < 4.78 is 9.71. The molecule has 0 spiro atoms. The highest BCUT2D eigenvalue weighted by Gasteiger charge is 2.34. The van der Waals surface area contributed by atoms with Crippen molar-refractivity contribution in [2.75, 3.05) is 13.2 Å². The summed E-state index contributed by atoms with van der Waals surface area (Å²) in [7, 11) is 0. The Labute approximate surface area is 114 Å². The van der Waals surface area contributed by atoms with Crippen molar-refractivity contribution in [2.45, 2.75) is 46.6 Å². The van der Waals surface area contributed by atoms with Gasteiger partial charge in [0.1, 0.15) is 6.61 Å². The lowest BCUT2D eigenvalue weighted by Gasteiger charge is -2.28. The van der Waals surface area contributed by atoms with E-state index in [1.807, 2.05) is 27.7 Å². The second-order valence-electron chi connectivity index (χ2n) is 5.35. The predicted molar refractivity (Wildman–Crippen MR) is 70.4 cm³/mol. The minimum absolute atomic E-state index is 0.189. The first-order chi connectivity index (χ1) is 8.75. The lowest BCUT2D eigenvalue weighted by atomic mass is 9.80. The van der Waals surface area contributed by atoms with Crippen LogP contribution in [0, 0.1) is 11.3 Å². The van der Waals surface area contributed by atoms with E-state index in [0.717, 1.165) is 0 Å². The van der Waals surface area contributed by atoms with Crippen molar-refractivity contribution in [1.82, 2.24) is 0 Å². The topological polar surface area (TPSA) is 98.8 Å². The highest BCUT2D eigenvalue weighted by Crippen LogP contribution is 2.31. The highest BCUT2D eigenvalue weighted by atomic mass is 16.6. The van der Waals surface area contributed by atoms with Gasteiger partial charge >= 0.3 is 12.1 Å². The molecule has 6 nitrogen and oxygen atoms in total. The number of primary amides is 1. The molecule has 0 bridgehead atoms. The lowest BCUT2D eigenvalue weighted by molar-refractivity contribution is -0.159. The van der Waals surface area contributed by atoms with Crippen molar-refractivity contribution >= 4 is 12.1 Å². The molecular weight excluding hydrogens is 250 g/mol. The van der Waals surface area contributed by atoms with E-state index in [1.54, 1.807) is 0 Å². The number of aliphatic hydroxyl groups is 1. The van der Waals surface area contributed by atoms with E-state index in [-0.39, 0.29) is 12.6 Å². The number of aliphatic hydroxyl groups excluding tert-OH is 1. The zero-order chi connectivity index (χ0) is 15.1. The fourth-order valence-corrected chi connectivity index (χ4v) is 1.90. The fraction of sp³-hybridized carbons (Fsp3) is 0.846. The van der Waals surface area contributed by atoms with E-state index in [0.29, 0.717) is 18.8 Å². The first kappa shape index (κ1) is 17.7. The lowest BCUT2D eigenvalue weighted by Crippen LogP contribution is -2.36. The minimum Gasteiger partial charge on any atom is -0.461 e. The van der Waals surface area contributed by atoms with Crippen LogP contribution in [0.2, 0.25) is 0 Å². The predicted octanol–water partition coefficient (Wildman–Crippen LogP) is 1.45. The van der Waals surface area contributed by atoms with Crippen LogP contribution in [0.4, 0.5) is 4.79 Å². The van der Waals surface area contributed by atoms with Gasteiger partial charge in [-0.15, -0.1) is 0 Å². The quantitative estimate of drug-likeness (QED) is 0.653. The second kappa shape index (κ2) is 7.99. The van der Waals surface area contributed by atoms with Crippen LogP contribution in [0.3, 0.4) is 0 Å². The summed E-state index contributed by atoms with van der Waals surface area (Å²) in [6, 6.07) is 0. The van der Waals surface area contributed by atoms with Gasteiger partial charge in [0, 0.05) is 0 Å². The summed E-state index contributed by atoms with van der Waals surface area (Å²) in [4.78, 5) is 22.6. The SMILES string of the molecule is CCC(C)(CC(C)C)C(=O)OCC(CO)OC(N)=O. The van der Waals surface area contributed by atoms with Crippen LogP contribution in [-0.2, 0) is 14.3 Å². The van der Waals surface area contributed by atoms with E-state index in [1.165, 1.54) is 0 Å². The van der Waals surface area contributed by atoms with Crippen LogP contribution in [0.25, 0.3) is 0 Å². The van der Waals surface area contributed by atoms with Crippen molar-refractivity contribution in [3.05, 3.63) is 0 Å². The average molecular weight is 275 g/mol. The molecule has 0 radical (unpaired) electrons. The smallest absolute Gasteiger partial charge is 0.404 e. The fourth-order valence-electron chi connectivity index (χ4n) is 1.90. The Kier molecular flexibility index (Phi) is 7.44. The number of carbonyl (C=O) groups is 2. The molecule has 1 amide bonds. The molecule has 19 heavy (non-hydrogen) atoms. The number of hydrogen-bond donors (Lipinski definition) is 2. The maximum atomic E-state index is 12.1. The van der Waals surface area contributed by atoms with Gasteiger partial charge in [0.05, 0.1) is 12.0 Å². The van der Waals surface area contributed by atoms with Gasteiger partial charge in [-0.25, -0.2) is 4.79 Å². The van der Waals surface area contributed by atoms with Gasteiger partial charge in [-0.1, -0.05) is 20.8 Å². The number of rotatable bonds is 8. The molecule has 0 aliphatic carbocycles. The number of nitrogens with two attached hydrogens (primary N) is 1. The average Bonchev–Trinajstić information content (AvgIpc) is 2.32. The van der Waals surface area contributed by atoms with Gasteiger partial charge in [0.15, 0.2) is 6.10 Å². The standard InChI is InChI=1S/C13H25NO5/c1-5-13(4,6-9(2)3)11(16)18-8-10(7-15)19-12(14)17/h9-10,15H,5-8H2,1-4H3,(H2,14,17). The first-order valence-electron chi connectivity index (χ1n) is 6.49. The molecule has 0 saturated carbocycles. The van der Waals surface area contributed by atoms with E-state index in [4.69, 9.17) is 15.6 Å². The van der Waals surface area contributed by atoms with Crippen LogP contribution < -0.4 is 5.73 Å². The van der Waals surface area contributed by atoms with Crippen LogP contribution >= 0.6 is 0 Å². The summed E-state index contributed by atoms with van der Waals surface area (Å²) in [5, 5.41) is 8.97. The van der Waals surface area contributed by atoms with Crippen LogP contribution in [-0.4, -0.2) is 36.5 Å². The molecule has 2 unspecified atom stereocenters. The third-order valence-electron chi connectivity index (χ3n) is 3.02. The van der Waals surface area contributed by atoms with Gasteiger partial charge < -0.3 is 20.3 Å². The molecule has 0 aromatic rings. The maximum Gasteiger partial charge on any atom is 0.404 e. The Bertz CT molecular complexity index is 305. The molecule has 3 N–H and O–H groups in total. The Morgan fingerprint density at radius 2 is 1.95 bits per heavy atom. The Balaban J connectivity index is 4.44. The van der Waals surface area contributed by atoms with E-state index in [9.17, 15) is 9.59 Å². The molecule has 0 aliphatic rings. The molecule has 0 aromatic carbocycles. The maximum absolute atomic E-state index is 12.1. The largest absolute Gasteiger partial charge is 0.461 e. The number of amides is 1. The van der Waals surface area contributed by atoms with E-state index >= 15 is 0 Å². The summed E-state index contributed by atoms with van der Waals surface area (Å²) in [5.41, 5.74) is 4.27. The third-order valence-corrected chi connectivity index (χ3v) is 3.02. The Hall–Kier alpha value is -1.30. The van der Waals surface area contributed by atoms with Gasteiger partial charge in [0.2, 0.25) is 0 Å². The molecule has 0 fully saturated rings. The minimum atomic E-state index is -1.00. The molecule has 2 atom stereocenters. The van der Waals surface area contributed by atoms with Gasteiger partial charge in [-0.2, -0.15) is 0 Å². The molecule has 0 rings (SSSR count). The van der Waals surface area contributed by atoms with Gasteiger partial charge in [-0.3, -0.25) is 4.79 Å². The summed E-state index contributed by atoms with van der Waals surface area (Å²) in [6.07, 6.45) is -0.551. The number of carbonyl (C=O) groups excluding carboxylic acids is 2. The van der Waals surface area contributed by atoms with Gasteiger partial charge in [0.25, 0.3) is 0 Å². The van der Waals surface area contributed by atoms with Crippen molar-refractivity contribution in [1.29, 1.82) is 0 Å². The van der Waals surface area contributed by atoms with Crippen molar-refractivity contribution in [3.8, 4) is 0 Å². The van der Waals surface area contributed by atoms with Crippen LogP contribution in [0.1, 0.15) is 40.5 Å². The number of hydrogen-bond acceptors (Lipinski definition) is 5. The molecule has 6 heteroatoms. The molecule has 0 heterocycles. The Morgan fingerprint density at radius 1 is 1.37 bits per heavy atom. The van der Waals surface area contributed by atoms with Gasteiger partial charge in [-0.05, 0) is 25.7 Å². The third kappa shape index (κ3) is 6.42. The summed E-state index contributed by atoms with van der Waals surface area (Å²) in [5.74, 6) is 0.0169. The highest BCUT2D eigenvalue weighted by molar-refractivity contribution is 5.76. The van der Waals surface area contributed by atoms with Crippen LogP contribution in [0.5, 0.6) is 0 Å². The summed E-state index contributed by atoms with van der Waals surface area (Å²) in [6.45, 7) is 7.21. The molecule has 0 aromatic heterocycles. The molecule has 0 aliphatic heterocycles. The van der Waals surface area contributed by atoms with Crippen molar-refractivity contribution < 1.29 is 24.2 Å². The van der Waals surface area contributed by atoms with E-state index < -0.39 is 24.2 Å².